The normalized spacial score (nSPS) is 16.5. The summed E-state index contributed by atoms with van der Waals surface area (Å²) in [4.78, 5) is 21.6. The number of nitrogens with one attached hydrogen (secondary N) is 2. The molecule has 0 radical (unpaired) electrons. The first-order chi connectivity index (χ1) is 11.2. The van der Waals surface area contributed by atoms with Crippen LogP contribution in [0.15, 0.2) is 34.1 Å². The molecule has 2 N–H and O–H groups in total. The number of nitrogens with zero attached hydrogens (tertiary/aromatic N) is 4. The van der Waals surface area contributed by atoms with Gasteiger partial charge in [0.15, 0.2) is 6.19 Å². The van der Waals surface area contributed by atoms with Gasteiger partial charge in [0.05, 0.1) is 11.0 Å². The van der Waals surface area contributed by atoms with Crippen LogP contribution in [-0.2, 0) is 0 Å². The Balaban J connectivity index is 1.79. The first-order valence-corrected chi connectivity index (χ1v) is 7.88. The van der Waals surface area contributed by atoms with E-state index in [0.29, 0.717) is 12.5 Å². The molecule has 2 heterocycles. The van der Waals surface area contributed by atoms with Gasteiger partial charge >= 0.3 is 5.69 Å². The van der Waals surface area contributed by atoms with Crippen molar-refractivity contribution in [3.05, 3.63) is 34.7 Å². The molecule has 2 aromatic rings. The lowest BCUT2D eigenvalue weighted by molar-refractivity contribution is 0.262. The van der Waals surface area contributed by atoms with Crippen LogP contribution in [0.2, 0.25) is 0 Å². The highest BCUT2D eigenvalue weighted by atomic mass is 16.1. The van der Waals surface area contributed by atoms with E-state index in [2.05, 4.69) is 20.2 Å². The summed E-state index contributed by atoms with van der Waals surface area (Å²) in [6.45, 7) is 4.11. The molecule has 0 saturated carbocycles. The molecule has 7 nitrogen and oxygen atoms in total. The lowest BCUT2D eigenvalue weighted by atomic mass is 10.0. The van der Waals surface area contributed by atoms with Crippen LogP contribution in [0.4, 0.5) is 0 Å². The monoisotopic (exact) mass is 312 g/mol. The van der Waals surface area contributed by atoms with Crippen molar-refractivity contribution in [2.45, 2.75) is 25.8 Å². The molecule has 1 aliphatic heterocycles. The minimum Gasteiger partial charge on any atom is -0.342 e. The van der Waals surface area contributed by atoms with Crippen LogP contribution >= 0.6 is 0 Å². The lowest BCUT2D eigenvalue weighted by Crippen LogP contribution is -2.45. The SMILES string of the molecule is CC/N=C(\NC#N)N1CCC(n2c(=O)[nH]c3ccccc32)CC1. The summed E-state index contributed by atoms with van der Waals surface area (Å²) in [6, 6.07) is 7.93. The smallest absolute Gasteiger partial charge is 0.326 e. The number of rotatable bonds is 2. The summed E-state index contributed by atoms with van der Waals surface area (Å²) in [5.41, 5.74) is 1.77. The zero-order valence-corrected chi connectivity index (χ0v) is 13.1. The number of piperidine rings is 1. The third kappa shape index (κ3) is 2.93. The van der Waals surface area contributed by atoms with Gasteiger partial charge in [0, 0.05) is 25.7 Å². The standard InChI is InChI=1S/C16H20N6O/c1-2-18-15(19-11-17)21-9-7-12(8-10-21)22-14-6-4-3-5-13(14)20-16(22)23/h3-6,12H,2,7-10H2,1H3,(H,18,19)(H,20,23). The average molecular weight is 312 g/mol. The Hall–Kier alpha value is -2.75. The second-order valence-corrected chi connectivity index (χ2v) is 5.57. The third-order valence-corrected chi connectivity index (χ3v) is 4.23. The number of H-pyrrole nitrogens is 1. The molecule has 1 aromatic carbocycles. The number of fused-ring (bicyclic) bond motifs is 1. The number of aromatic nitrogens is 2. The van der Waals surface area contributed by atoms with Crippen molar-refractivity contribution >= 4 is 17.0 Å². The first kappa shape index (κ1) is 15.2. The van der Waals surface area contributed by atoms with Crippen LogP contribution in [0.5, 0.6) is 0 Å². The molecule has 3 rings (SSSR count). The fourth-order valence-corrected chi connectivity index (χ4v) is 3.19. The molecular formula is C16H20N6O. The minimum atomic E-state index is -0.0535. The van der Waals surface area contributed by atoms with Gasteiger partial charge in [-0.2, -0.15) is 5.26 Å². The van der Waals surface area contributed by atoms with Crippen molar-refractivity contribution in [1.82, 2.24) is 19.8 Å². The van der Waals surface area contributed by atoms with E-state index < -0.39 is 0 Å². The fourth-order valence-electron chi connectivity index (χ4n) is 3.19. The Labute approximate surface area is 134 Å². The number of para-hydroxylation sites is 2. The van der Waals surface area contributed by atoms with Gasteiger partial charge in [0.25, 0.3) is 0 Å². The van der Waals surface area contributed by atoms with E-state index in [4.69, 9.17) is 5.26 Å². The highest BCUT2D eigenvalue weighted by Gasteiger charge is 2.25. The summed E-state index contributed by atoms with van der Waals surface area (Å²) in [5.74, 6) is 0.625. The Morgan fingerprint density at radius 1 is 1.43 bits per heavy atom. The topological polar surface area (TPSA) is 89.2 Å². The predicted molar refractivity (Wildman–Crippen MR) is 89.1 cm³/mol. The summed E-state index contributed by atoms with van der Waals surface area (Å²) in [6.07, 6.45) is 3.63. The van der Waals surface area contributed by atoms with E-state index in [1.165, 1.54) is 0 Å². The van der Waals surface area contributed by atoms with Crippen molar-refractivity contribution in [2.75, 3.05) is 19.6 Å². The molecule has 0 aliphatic carbocycles. The highest BCUT2D eigenvalue weighted by Crippen LogP contribution is 2.24. The zero-order valence-electron chi connectivity index (χ0n) is 13.1. The number of imidazole rings is 1. The summed E-state index contributed by atoms with van der Waals surface area (Å²) in [7, 11) is 0. The van der Waals surface area contributed by atoms with Crippen molar-refractivity contribution in [1.29, 1.82) is 5.26 Å². The minimum absolute atomic E-state index is 0.0535. The van der Waals surface area contributed by atoms with Gasteiger partial charge in [-0.05, 0) is 31.9 Å². The maximum Gasteiger partial charge on any atom is 0.326 e. The van der Waals surface area contributed by atoms with Gasteiger partial charge < -0.3 is 9.88 Å². The van der Waals surface area contributed by atoms with E-state index in [1.807, 2.05) is 41.9 Å². The fraction of sp³-hybridized carbons (Fsp3) is 0.438. The molecule has 0 atom stereocenters. The molecular weight excluding hydrogens is 292 g/mol. The molecule has 0 bridgehead atoms. The molecule has 0 amide bonds. The Morgan fingerprint density at radius 2 is 2.17 bits per heavy atom. The number of hydrogen-bond donors (Lipinski definition) is 2. The van der Waals surface area contributed by atoms with Gasteiger partial charge in [0.2, 0.25) is 5.96 Å². The Morgan fingerprint density at radius 3 is 2.87 bits per heavy atom. The highest BCUT2D eigenvalue weighted by molar-refractivity contribution is 5.81. The van der Waals surface area contributed by atoms with E-state index in [1.54, 1.807) is 0 Å². The molecule has 1 fully saturated rings. The van der Waals surface area contributed by atoms with Gasteiger partial charge in [-0.3, -0.25) is 14.9 Å². The molecule has 1 saturated heterocycles. The van der Waals surface area contributed by atoms with Crippen molar-refractivity contribution < 1.29 is 0 Å². The molecule has 23 heavy (non-hydrogen) atoms. The van der Waals surface area contributed by atoms with Crippen LogP contribution in [0.3, 0.4) is 0 Å². The van der Waals surface area contributed by atoms with Crippen molar-refractivity contribution in [3.63, 3.8) is 0 Å². The molecule has 7 heteroatoms. The van der Waals surface area contributed by atoms with E-state index in [-0.39, 0.29) is 11.7 Å². The summed E-state index contributed by atoms with van der Waals surface area (Å²) < 4.78 is 1.86. The Kier molecular flexibility index (Phi) is 4.33. The number of hydrogen-bond acceptors (Lipinski definition) is 3. The molecule has 0 unspecified atom stereocenters. The number of aromatic amines is 1. The third-order valence-electron chi connectivity index (χ3n) is 4.23. The largest absolute Gasteiger partial charge is 0.342 e. The van der Waals surface area contributed by atoms with E-state index >= 15 is 0 Å². The summed E-state index contributed by atoms with van der Waals surface area (Å²) in [5, 5.41) is 11.5. The van der Waals surface area contributed by atoms with Crippen LogP contribution in [0, 0.1) is 11.5 Å². The van der Waals surface area contributed by atoms with Gasteiger partial charge in [-0.15, -0.1) is 0 Å². The second-order valence-electron chi connectivity index (χ2n) is 5.57. The zero-order chi connectivity index (χ0) is 16.2. The maximum absolute atomic E-state index is 12.3. The van der Waals surface area contributed by atoms with E-state index in [0.717, 1.165) is 37.0 Å². The molecule has 120 valence electrons. The van der Waals surface area contributed by atoms with E-state index in [9.17, 15) is 4.79 Å². The maximum atomic E-state index is 12.3. The second kappa shape index (κ2) is 6.57. The van der Waals surface area contributed by atoms with Crippen LogP contribution in [0.1, 0.15) is 25.8 Å². The number of likely N-dealkylation sites (tertiary alicyclic amines) is 1. The lowest BCUT2D eigenvalue weighted by Gasteiger charge is -2.33. The van der Waals surface area contributed by atoms with Crippen molar-refractivity contribution in [2.24, 2.45) is 4.99 Å². The Bertz CT molecular complexity index is 804. The number of nitriles is 1. The van der Waals surface area contributed by atoms with Crippen LogP contribution < -0.4 is 11.0 Å². The van der Waals surface area contributed by atoms with Crippen LogP contribution in [-0.4, -0.2) is 40.0 Å². The van der Waals surface area contributed by atoms with Crippen LogP contribution in [0.25, 0.3) is 11.0 Å². The summed E-state index contributed by atoms with van der Waals surface area (Å²) >= 11 is 0. The first-order valence-electron chi connectivity index (χ1n) is 7.88. The van der Waals surface area contributed by atoms with Gasteiger partial charge in [-0.25, -0.2) is 4.79 Å². The average Bonchev–Trinajstić information content (AvgIpc) is 2.90. The number of guanidine groups is 1. The van der Waals surface area contributed by atoms with Gasteiger partial charge in [-0.1, -0.05) is 12.1 Å². The quantitative estimate of drug-likeness (QED) is 0.380. The van der Waals surface area contributed by atoms with Crippen molar-refractivity contribution in [3.8, 4) is 6.19 Å². The predicted octanol–water partition coefficient (Wildman–Crippen LogP) is 1.41. The molecule has 1 aliphatic rings. The number of aliphatic imine (C=N–C) groups is 1. The number of benzene rings is 1. The molecule has 0 spiro atoms. The molecule has 1 aromatic heterocycles. The van der Waals surface area contributed by atoms with Gasteiger partial charge in [0.1, 0.15) is 0 Å².